The Bertz CT molecular complexity index is 818. The third kappa shape index (κ3) is 2.87. The van der Waals surface area contributed by atoms with Crippen LogP contribution in [0.4, 0.5) is 11.4 Å². The van der Waals surface area contributed by atoms with E-state index in [1.807, 2.05) is 35.8 Å². The fourth-order valence-corrected chi connectivity index (χ4v) is 3.62. The molecule has 0 unspecified atom stereocenters. The number of nitrogens with one attached hydrogen (secondary N) is 1. The van der Waals surface area contributed by atoms with E-state index in [4.69, 9.17) is 0 Å². The largest absolute Gasteiger partial charge is 0.354 e. The van der Waals surface area contributed by atoms with Gasteiger partial charge in [0.1, 0.15) is 6.07 Å². The lowest BCUT2D eigenvalue weighted by molar-refractivity contribution is 1.35. The summed E-state index contributed by atoms with van der Waals surface area (Å²) in [7, 11) is 0. The van der Waals surface area contributed by atoms with Gasteiger partial charge in [0.2, 0.25) is 0 Å². The summed E-state index contributed by atoms with van der Waals surface area (Å²) in [6, 6.07) is 14.3. The quantitative estimate of drug-likeness (QED) is 0.687. The Kier molecular flexibility index (Phi) is 4.09. The Morgan fingerprint density at radius 2 is 2.24 bits per heavy atom. The van der Waals surface area contributed by atoms with E-state index < -0.39 is 0 Å². The molecule has 104 valence electrons. The Morgan fingerprint density at radius 3 is 3.05 bits per heavy atom. The second-order valence-electron chi connectivity index (χ2n) is 4.38. The summed E-state index contributed by atoms with van der Waals surface area (Å²) >= 11 is 3.30. The minimum Gasteiger partial charge on any atom is -0.354 e. The molecule has 1 N–H and O–H groups in total. The zero-order valence-electron chi connectivity index (χ0n) is 11.5. The molecular formula is C16H13N3S2. The number of hydrogen-bond acceptors (Lipinski definition) is 5. The number of aromatic nitrogens is 1. The van der Waals surface area contributed by atoms with Crippen LogP contribution in [-0.4, -0.2) is 10.7 Å². The highest BCUT2D eigenvalue weighted by atomic mass is 32.2. The molecule has 0 spiro atoms. The first-order valence-electron chi connectivity index (χ1n) is 6.58. The molecule has 3 rings (SSSR count). The van der Waals surface area contributed by atoms with Crippen molar-refractivity contribution in [2.45, 2.75) is 11.8 Å². The summed E-state index contributed by atoms with van der Waals surface area (Å²) in [5, 5.41) is 12.8. The SMILES string of the molecule is CCSc1cccc(Nc2ccc3ncsc3c2)c1C#N. The van der Waals surface area contributed by atoms with Crippen LogP contribution in [0.25, 0.3) is 10.2 Å². The topological polar surface area (TPSA) is 48.7 Å². The third-order valence-corrected chi connectivity index (χ3v) is 4.78. The van der Waals surface area contributed by atoms with E-state index in [0.717, 1.165) is 32.2 Å². The third-order valence-electron chi connectivity index (χ3n) is 3.05. The number of rotatable bonds is 4. The molecule has 1 heterocycles. The molecule has 5 heteroatoms. The Morgan fingerprint density at radius 1 is 1.33 bits per heavy atom. The Hall–Kier alpha value is -2.03. The van der Waals surface area contributed by atoms with E-state index in [9.17, 15) is 5.26 Å². The van der Waals surface area contributed by atoms with E-state index in [1.54, 1.807) is 23.1 Å². The maximum absolute atomic E-state index is 9.43. The summed E-state index contributed by atoms with van der Waals surface area (Å²) in [6.45, 7) is 2.09. The van der Waals surface area contributed by atoms with Gasteiger partial charge in [0.15, 0.2) is 0 Å². The van der Waals surface area contributed by atoms with Crippen molar-refractivity contribution in [3.63, 3.8) is 0 Å². The van der Waals surface area contributed by atoms with Crippen molar-refractivity contribution in [1.29, 1.82) is 5.26 Å². The molecule has 0 saturated heterocycles. The van der Waals surface area contributed by atoms with Crippen molar-refractivity contribution < 1.29 is 0 Å². The van der Waals surface area contributed by atoms with Gasteiger partial charge in [-0.25, -0.2) is 4.98 Å². The van der Waals surface area contributed by atoms with Crippen LogP contribution in [0.15, 0.2) is 46.8 Å². The van der Waals surface area contributed by atoms with E-state index in [1.165, 1.54) is 0 Å². The molecule has 0 aliphatic heterocycles. The van der Waals surface area contributed by atoms with Crippen LogP contribution >= 0.6 is 23.1 Å². The highest BCUT2D eigenvalue weighted by molar-refractivity contribution is 7.99. The summed E-state index contributed by atoms with van der Waals surface area (Å²) < 4.78 is 1.14. The molecule has 0 aliphatic rings. The van der Waals surface area contributed by atoms with Gasteiger partial charge in [0.05, 0.1) is 27.0 Å². The van der Waals surface area contributed by atoms with Crippen LogP contribution in [0.3, 0.4) is 0 Å². The molecule has 0 radical (unpaired) electrons. The van der Waals surface area contributed by atoms with Crippen LogP contribution in [-0.2, 0) is 0 Å². The number of nitrogens with zero attached hydrogens (tertiary/aromatic N) is 2. The summed E-state index contributed by atoms with van der Waals surface area (Å²) in [4.78, 5) is 5.29. The highest BCUT2D eigenvalue weighted by Gasteiger charge is 2.08. The molecule has 0 bridgehead atoms. The lowest BCUT2D eigenvalue weighted by Crippen LogP contribution is -1.95. The van der Waals surface area contributed by atoms with Gasteiger partial charge >= 0.3 is 0 Å². The predicted molar refractivity (Wildman–Crippen MR) is 90.5 cm³/mol. The van der Waals surface area contributed by atoms with Crippen molar-refractivity contribution in [3.8, 4) is 6.07 Å². The molecule has 0 fully saturated rings. The zero-order valence-corrected chi connectivity index (χ0v) is 13.1. The minimum atomic E-state index is 0.703. The van der Waals surface area contributed by atoms with Crippen molar-refractivity contribution in [2.75, 3.05) is 11.1 Å². The van der Waals surface area contributed by atoms with E-state index in [0.29, 0.717) is 5.56 Å². The van der Waals surface area contributed by atoms with Crippen LogP contribution in [0.5, 0.6) is 0 Å². The average Bonchev–Trinajstić information content (AvgIpc) is 2.95. The number of nitriles is 1. The molecule has 0 aliphatic carbocycles. The highest BCUT2D eigenvalue weighted by Crippen LogP contribution is 2.31. The fourth-order valence-electron chi connectivity index (χ4n) is 2.11. The Labute approximate surface area is 131 Å². The number of fused-ring (bicyclic) bond motifs is 1. The molecular weight excluding hydrogens is 298 g/mol. The van der Waals surface area contributed by atoms with Gasteiger partial charge < -0.3 is 5.32 Å². The summed E-state index contributed by atoms with van der Waals surface area (Å²) in [5.74, 6) is 0.949. The first-order chi connectivity index (χ1) is 10.3. The van der Waals surface area contributed by atoms with Crippen LogP contribution in [0.1, 0.15) is 12.5 Å². The van der Waals surface area contributed by atoms with Gasteiger partial charge in [-0.15, -0.1) is 23.1 Å². The normalized spacial score (nSPS) is 10.5. The summed E-state index contributed by atoms with van der Waals surface area (Å²) in [5.41, 5.74) is 5.37. The van der Waals surface area contributed by atoms with Crippen molar-refractivity contribution in [3.05, 3.63) is 47.5 Å². The molecule has 1 aromatic heterocycles. The number of anilines is 2. The van der Waals surface area contributed by atoms with Crippen molar-refractivity contribution in [2.24, 2.45) is 0 Å². The van der Waals surface area contributed by atoms with Crippen LogP contribution in [0, 0.1) is 11.3 Å². The lowest BCUT2D eigenvalue weighted by atomic mass is 10.2. The van der Waals surface area contributed by atoms with Crippen molar-refractivity contribution >= 4 is 44.7 Å². The molecule has 2 aromatic carbocycles. The second kappa shape index (κ2) is 6.17. The standard InChI is InChI=1S/C16H13N3S2/c1-2-20-15-5-3-4-13(12(15)9-17)19-11-6-7-14-16(8-11)21-10-18-14/h3-8,10,19H,2H2,1H3. The van der Waals surface area contributed by atoms with Crippen LogP contribution in [0.2, 0.25) is 0 Å². The number of benzene rings is 2. The van der Waals surface area contributed by atoms with Gasteiger partial charge in [-0.3, -0.25) is 0 Å². The Balaban J connectivity index is 1.97. The van der Waals surface area contributed by atoms with Gasteiger partial charge in [0, 0.05) is 10.6 Å². The maximum atomic E-state index is 9.43. The first kappa shape index (κ1) is 13.9. The van der Waals surface area contributed by atoms with E-state index in [-0.39, 0.29) is 0 Å². The van der Waals surface area contributed by atoms with Crippen LogP contribution < -0.4 is 5.32 Å². The smallest absolute Gasteiger partial charge is 0.103 e. The molecule has 0 amide bonds. The van der Waals surface area contributed by atoms with E-state index in [2.05, 4.69) is 29.4 Å². The minimum absolute atomic E-state index is 0.703. The van der Waals surface area contributed by atoms with E-state index >= 15 is 0 Å². The zero-order chi connectivity index (χ0) is 14.7. The first-order valence-corrected chi connectivity index (χ1v) is 8.44. The summed E-state index contributed by atoms with van der Waals surface area (Å²) in [6.07, 6.45) is 0. The monoisotopic (exact) mass is 311 g/mol. The predicted octanol–water partition coefficient (Wildman–Crippen LogP) is 5.02. The van der Waals surface area contributed by atoms with Crippen molar-refractivity contribution in [1.82, 2.24) is 4.98 Å². The second-order valence-corrected chi connectivity index (χ2v) is 6.58. The molecule has 3 aromatic rings. The fraction of sp³-hybridized carbons (Fsp3) is 0.125. The number of thioether (sulfide) groups is 1. The lowest BCUT2D eigenvalue weighted by Gasteiger charge is -2.11. The van der Waals surface area contributed by atoms with Gasteiger partial charge in [-0.05, 0) is 36.1 Å². The molecule has 21 heavy (non-hydrogen) atoms. The molecule has 3 nitrogen and oxygen atoms in total. The van der Waals surface area contributed by atoms with Gasteiger partial charge in [-0.1, -0.05) is 13.0 Å². The molecule has 0 atom stereocenters. The maximum Gasteiger partial charge on any atom is 0.103 e. The van der Waals surface area contributed by atoms with Gasteiger partial charge in [0.25, 0.3) is 0 Å². The average molecular weight is 311 g/mol. The number of thiazole rings is 1. The number of hydrogen-bond donors (Lipinski definition) is 1. The van der Waals surface area contributed by atoms with Gasteiger partial charge in [-0.2, -0.15) is 5.26 Å². The molecule has 0 saturated carbocycles.